The van der Waals surface area contributed by atoms with Crippen molar-refractivity contribution in [1.29, 1.82) is 0 Å². The van der Waals surface area contributed by atoms with E-state index in [0.717, 1.165) is 15.9 Å². The predicted octanol–water partition coefficient (Wildman–Crippen LogP) is 1.18. The lowest BCUT2D eigenvalue weighted by Gasteiger charge is -2.26. The third-order valence-corrected chi connectivity index (χ3v) is 6.89. The van der Waals surface area contributed by atoms with Crippen LogP contribution in [-0.2, 0) is 19.1 Å². The Bertz CT molecular complexity index is 1570. The molecule has 0 bridgehead atoms. The molecule has 1 atom stereocenters. The Hall–Kier alpha value is -4.31. The van der Waals surface area contributed by atoms with Crippen molar-refractivity contribution in [2.45, 2.75) is 5.92 Å². The van der Waals surface area contributed by atoms with Crippen LogP contribution in [0.15, 0.2) is 58.9 Å². The van der Waals surface area contributed by atoms with Crippen molar-refractivity contribution in [1.82, 2.24) is 4.57 Å². The van der Waals surface area contributed by atoms with Gasteiger partial charge in [0.2, 0.25) is 0 Å². The Morgan fingerprint density at radius 2 is 1.53 bits per heavy atom. The van der Waals surface area contributed by atoms with E-state index in [-0.39, 0.29) is 21.6 Å². The average Bonchev–Trinajstić information content (AvgIpc) is 3.23. The van der Waals surface area contributed by atoms with Crippen LogP contribution in [-0.4, -0.2) is 44.9 Å². The maximum atomic E-state index is 13.5. The standard InChI is InChI=1S/C26H24N2O7S/c1-32-16-9-5-7-14(11-16)12-18-23(29)28-22(27)20(25(30)34-3)19(15-8-6-10-17(13-15)33-2)21(24(28)36-18)26(31)35-4/h5-13,19H,27H2,1-4H3/b18-12-/t19-/m1/s1. The topological polar surface area (TPSA) is 119 Å². The predicted molar refractivity (Wildman–Crippen MR) is 135 cm³/mol. The van der Waals surface area contributed by atoms with Crippen molar-refractivity contribution in [3.05, 3.63) is 84.8 Å². The van der Waals surface area contributed by atoms with E-state index in [1.807, 2.05) is 6.07 Å². The van der Waals surface area contributed by atoms with Crippen molar-refractivity contribution in [3.63, 3.8) is 0 Å². The van der Waals surface area contributed by atoms with Gasteiger partial charge in [-0.15, -0.1) is 11.3 Å². The summed E-state index contributed by atoms with van der Waals surface area (Å²) in [6.07, 6.45) is 1.67. The van der Waals surface area contributed by atoms with E-state index in [1.54, 1.807) is 55.7 Å². The maximum Gasteiger partial charge on any atom is 0.338 e. The maximum absolute atomic E-state index is 13.5. The summed E-state index contributed by atoms with van der Waals surface area (Å²) in [5, 5.41) is 0. The van der Waals surface area contributed by atoms with Crippen molar-refractivity contribution >= 4 is 40.7 Å². The second-order valence-corrected chi connectivity index (χ2v) is 8.77. The smallest absolute Gasteiger partial charge is 0.338 e. The van der Waals surface area contributed by atoms with E-state index in [1.165, 1.54) is 21.3 Å². The summed E-state index contributed by atoms with van der Waals surface area (Å²) < 4.78 is 22.4. The number of fused-ring (bicyclic) bond motifs is 1. The van der Waals surface area contributed by atoms with Crippen LogP contribution in [0.25, 0.3) is 17.5 Å². The van der Waals surface area contributed by atoms with Gasteiger partial charge in [0.05, 0.1) is 50.0 Å². The molecule has 0 amide bonds. The SMILES string of the molecule is COC(=O)C1=C(N)n2c(s/c(=C\c3cccc(OC)c3)c2=O)=C(C(=O)OC)[C@@H]1c1cccc(OC)c1. The molecule has 9 nitrogen and oxygen atoms in total. The summed E-state index contributed by atoms with van der Waals surface area (Å²) in [6, 6.07) is 14.1. The third-order valence-electron chi connectivity index (χ3n) is 5.78. The molecule has 36 heavy (non-hydrogen) atoms. The van der Waals surface area contributed by atoms with Crippen LogP contribution in [0.2, 0.25) is 0 Å². The molecule has 4 rings (SSSR count). The summed E-state index contributed by atoms with van der Waals surface area (Å²) in [7, 11) is 5.50. The average molecular weight is 509 g/mol. The summed E-state index contributed by atoms with van der Waals surface area (Å²) in [5.74, 6) is -1.42. The van der Waals surface area contributed by atoms with Gasteiger partial charge in [0.15, 0.2) is 0 Å². The minimum absolute atomic E-state index is 0.0496. The van der Waals surface area contributed by atoms with Crippen LogP contribution >= 0.6 is 11.3 Å². The first-order chi connectivity index (χ1) is 17.3. The van der Waals surface area contributed by atoms with Gasteiger partial charge in [-0.05, 0) is 41.5 Å². The molecule has 3 aromatic rings. The Labute approximate surface area is 210 Å². The van der Waals surface area contributed by atoms with Gasteiger partial charge >= 0.3 is 11.9 Å². The van der Waals surface area contributed by atoms with Crippen LogP contribution in [0.1, 0.15) is 17.0 Å². The molecule has 0 radical (unpaired) electrons. The van der Waals surface area contributed by atoms with Crippen molar-refractivity contribution in [2.75, 3.05) is 28.4 Å². The zero-order chi connectivity index (χ0) is 26.0. The number of hydrogen-bond acceptors (Lipinski definition) is 9. The first-order valence-electron chi connectivity index (χ1n) is 10.8. The van der Waals surface area contributed by atoms with E-state index in [2.05, 4.69) is 0 Å². The lowest BCUT2D eigenvalue weighted by Crippen LogP contribution is -2.41. The van der Waals surface area contributed by atoms with Crippen LogP contribution in [0, 0.1) is 0 Å². The van der Waals surface area contributed by atoms with Crippen LogP contribution in [0.3, 0.4) is 0 Å². The second-order valence-electron chi connectivity index (χ2n) is 7.74. The molecule has 2 aromatic carbocycles. The zero-order valence-electron chi connectivity index (χ0n) is 20.1. The summed E-state index contributed by atoms with van der Waals surface area (Å²) >= 11 is 1.07. The van der Waals surface area contributed by atoms with Gasteiger partial charge in [0, 0.05) is 0 Å². The number of thiazole rings is 1. The summed E-state index contributed by atoms with van der Waals surface area (Å²) in [4.78, 5) is 39.6. The molecule has 0 saturated heterocycles. The van der Waals surface area contributed by atoms with Gasteiger partial charge < -0.3 is 24.7 Å². The number of aromatic nitrogens is 1. The Morgan fingerprint density at radius 1 is 0.917 bits per heavy atom. The number of nitrogens with zero attached hydrogens (tertiary/aromatic N) is 1. The monoisotopic (exact) mass is 508 g/mol. The Kier molecular flexibility index (Phi) is 6.98. The molecule has 0 saturated carbocycles. The van der Waals surface area contributed by atoms with E-state index in [9.17, 15) is 14.4 Å². The Morgan fingerprint density at radius 3 is 2.17 bits per heavy atom. The normalized spacial score (nSPS) is 15.4. The highest BCUT2D eigenvalue weighted by atomic mass is 32.1. The molecular formula is C26H24N2O7S. The molecule has 0 aliphatic carbocycles. The van der Waals surface area contributed by atoms with Crippen molar-refractivity contribution < 1.29 is 28.5 Å². The number of esters is 2. The first-order valence-corrected chi connectivity index (χ1v) is 11.6. The number of nitrogens with two attached hydrogens (primary N) is 1. The summed E-state index contributed by atoms with van der Waals surface area (Å²) in [6.45, 7) is 0. The fraction of sp³-hybridized carbons (Fsp3) is 0.192. The highest BCUT2D eigenvalue weighted by Crippen LogP contribution is 2.38. The number of methoxy groups -OCH3 is 4. The second kappa shape index (κ2) is 10.1. The van der Waals surface area contributed by atoms with Gasteiger partial charge in [0.1, 0.15) is 22.0 Å². The molecule has 0 fully saturated rings. The lowest BCUT2D eigenvalue weighted by molar-refractivity contribution is -0.136. The number of carbonyl (C=O) groups is 2. The van der Waals surface area contributed by atoms with Crippen molar-refractivity contribution in [2.24, 2.45) is 5.73 Å². The minimum Gasteiger partial charge on any atom is -0.497 e. The van der Waals surface area contributed by atoms with E-state index in [0.29, 0.717) is 27.2 Å². The highest BCUT2D eigenvalue weighted by molar-refractivity contribution is 7.07. The van der Waals surface area contributed by atoms with Crippen LogP contribution in [0.5, 0.6) is 11.5 Å². The van der Waals surface area contributed by atoms with Crippen LogP contribution in [0.4, 0.5) is 0 Å². The molecule has 0 unspecified atom stereocenters. The number of ether oxygens (including phenoxy) is 4. The third kappa shape index (κ3) is 4.27. The number of hydrogen-bond donors (Lipinski definition) is 1. The molecule has 10 heteroatoms. The zero-order valence-corrected chi connectivity index (χ0v) is 20.9. The molecule has 1 aromatic heterocycles. The van der Waals surface area contributed by atoms with E-state index < -0.39 is 23.4 Å². The van der Waals surface area contributed by atoms with Gasteiger partial charge in [-0.2, -0.15) is 0 Å². The fourth-order valence-corrected chi connectivity index (χ4v) is 5.27. The summed E-state index contributed by atoms with van der Waals surface area (Å²) in [5.41, 5.74) is 7.26. The molecule has 186 valence electrons. The Balaban J connectivity index is 2.11. The number of benzene rings is 2. The van der Waals surface area contributed by atoms with Crippen molar-refractivity contribution in [3.8, 4) is 11.5 Å². The number of carbonyl (C=O) groups excluding carboxylic acids is 2. The van der Waals surface area contributed by atoms with E-state index in [4.69, 9.17) is 24.7 Å². The molecule has 1 aliphatic rings. The molecule has 2 heterocycles. The van der Waals surface area contributed by atoms with Gasteiger partial charge in [-0.25, -0.2) is 9.59 Å². The fourth-order valence-electron chi connectivity index (χ4n) is 4.10. The quantitative estimate of drug-likeness (QED) is 0.493. The molecule has 0 spiro atoms. The van der Waals surface area contributed by atoms with E-state index >= 15 is 0 Å². The molecule has 2 N–H and O–H groups in total. The van der Waals surface area contributed by atoms with Gasteiger partial charge in [-0.3, -0.25) is 9.36 Å². The van der Waals surface area contributed by atoms with Gasteiger partial charge in [-0.1, -0.05) is 24.3 Å². The van der Waals surface area contributed by atoms with Gasteiger partial charge in [0.25, 0.3) is 5.56 Å². The molecule has 1 aliphatic heterocycles. The largest absolute Gasteiger partial charge is 0.497 e. The first kappa shape index (κ1) is 24.8. The number of rotatable bonds is 6. The molecular weight excluding hydrogens is 484 g/mol. The minimum atomic E-state index is -0.956. The lowest BCUT2D eigenvalue weighted by atomic mass is 9.83. The van der Waals surface area contributed by atoms with Crippen LogP contribution < -0.4 is 30.0 Å². The highest BCUT2D eigenvalue weighted by Gasteiger charge is 2.39.